The lowest BCUT2D eigenvalue weighted by Crippen LogP contribution is -2.12. The summed E-state index contributed by atoms with van der Waals surface area (Å²) in [6, 6.07) is 9.90. The lowest BCUT2D eigenvalue weighted by molar-refractivity contribution is -0.113. The first kappa shape index (κ1) is 14.4. The van der Waals surface area contributed by atoms with Crippen molar-refractivity contribution in [2.75, 3.05) is 0 Å². The highest BCUT2D eigenvalue weighted by molar-refractivity contribution is 9.10. The van der Waals surface area contributed by atoms with Gasteiger partial charge in [-0.1, -0.05) is 23.5 Å². The zero-order valence-corrected chi connectivity index (χ0v) is 14.3. The maximum atomic E-state index is 12.0. The van der Waals surface area contributed by atoms with Crippen LogP contribution in [0.3, 0.4) is 0 Å². The summed E-state index contributed by atoms with van der Waals surface area (Å²) in [6.45, 7) is 0. The predicted octanol–water partition coefficient (Wildman–Crippen LogP) is 4.20. The molecule has 0 spiro atoms. The number of para-hydroxylation sites is 1. The average Bonchev–Trinajstić information content (AvgIpc) is 3.07. The zero-order chi connectivity index (χ0) is 14.8. The molecule has 2 heterocycles. The number of fused-ring (bicyclic) bond motifs is 1. The normalized spacial score (nSPS) is 12.6. The Morgan fingerprint density at radius 1 is 1.33 bits per heavy atom. The number of benzene rings is 1. The fraction of sp³-hybridized carbons (Fsp3) is 0.0667. The van der Waals surface area contributed by atoms with Crippen LogP contribution in [0.5, 0.6) is 0 Å². The second-order valence-corrected chi connectivity index (χ2v) is 7.17. The van der Waals surface area contributed by atoms with Gasteiger partial charge in [0, 0.05) is 22.5 Å². The van der Waals surface area contributed by atoms with E-state index in [4.69, 9.17) is 0 Å². The molecule has 1 amide bonds. The number of hydrogen-bond acceptors (Lipinski definition) is 3. The molecule has 2 aromatic heterocycles. The van der Waals surface area contributed by atoms with Gasteiger partial charge in [0.05, 0.1) is 10.2 Å². The minimum absolute atomic E-state index is 0.248. The maximum Gasteiger partial charge on any atom is 0.272 e. The SMILES string of the molecule is Cn1c(=NC(=O)/C=C/c2cccs2)sc2cccc(Br)c21. The standard InChI is InChI=1S/C15H11BrN2OS2/c1-18-14-11(16)5-2-6-12(14)21-15(18)17-13(19)8-7-10-4-3-9-20-10/h2-9H,1H3/b8-7+,17-15?. The van der Waals surface area contributed by atoms with Crippen LogP contribution in [0.15, 0.2) is 51.3 Å². The Kier molecular flexibility index (Phi) is 4.19. The molecule has 0 aliphatic rings. The lowest BCUT2D eigenvalue weighted by Gasteiger charge is -1.97. The topological polar surface area (TPSA) is 34.4 Å². The molecule has 106 valence electrons. The monoisotopic (exact) mass is 378 g/mol. The van der Waals surface area contributed by atoms with E-state index in [1.807, 2.05) is 47.3 Å². The van der Waals surface area contributed by atoms with Crippen LogP contribution in [0.25, 0.3) is 16.3 Å². The van der Waals surface area contributed by atoms with Crippen molar-refractivity contribution in [1.82, 2.24) is 4.57 Å². The van der Waals surface area contributed by atoms with Crippen molar-refractivity contribution in [3.05, 3.63) is 55.9 Å². The van der Waals surface area contributed by atoms with E-state index < -0.39 is 0 Å². The minimum atomic E-state index is -0.248. The number of nitrogens with zero attached hydrogens (tertiary/aromatic N) is 2. The molecule has 3 rings (SSSR count). The molecule has 0 N–H and O–H groups in total. The van der Waals surface area contributed by atoms with E-state index in [9.17, 15) is 4.79 Å². The molecule has 0 radical (unpaired) electrons. The fourth-order valence-corrected chi connectivity index (χ4v) is 4.37. The third kappa shape index (κ3) is 3.07. The van der Waals surface area contributed by atoms with Gasteiger partial charge in [-0.3, -0.25) is 4.79 Å². The summed E-state index contributed by atoms with van der Waals surface area (Å²) in [7, 11) is 1.92. The molecule has 0 aliphatic heterocycles. The highest BCUT2D eigenvalue weighted by Gasteiger charge is 2.06. The molecule has 1 aromatic carbocycles. The van der Waals surface area contributed by atoms with E-state index in [1.54, 1.807) is 17.4 Å². The summed E-state index contributed by atoms with van der Waals surface area (Å²) in [4.78, 5) is 17.9. The van der Waals surface area contributed by atoms with E-state index in [1.165, 1.54) is 17.4 Å². The average molecular weight is 379 g/mol. The van der Waals surface area contributed by atoms with Gasteiger partial charge in [0.1, 0.15) is 0 Å². The predicted molar refractivity (Wildman–Crippen MR) is 92.4 cm³/mol. The van der Waals surface area contributed by atoms with E-state index in [0.29, 0.717) is 4.80 Å². The Morgan fingerprint density at radius 3 is 2.90 bits per heavy atom. The van der Waals surface area contributed by atoms with E-state index in [2.05, 4.69) is 20.9 Å². The van der Waals surface area contributed by atoms with Gasteiger partial charge in [-0.05, 0) is 45.6 Å². The zero-order valence-electron chi connectivity index (χ0n) is 11.1. The molecule has 0 unspecified atom stereocenters. The number of aryl methyl sites for hydroxylation is 1. The number of thiazole rings is 1. The molecule has 0 saturated heterocycles. The summed E-state index contributed by atoms with van der Waals surface area (Å²) in [6.07, 6.45) is 3.30. The Morgan fingerprint density at radius 2 is 2.19 bits per heavy atom. The number of hydrogen-bond donors (Lipinski definition) is 0. The van der Waals surface area contributed by atoms with Crippen LogP contribution < -0.4 is 4.80 Å². The van der Waals surface area contributed by atoms with Crippen molar-refractivity contribution in [3.63, 3.8) is 0 Å². The molecule has 0 aliphatic carbocycles. The number of halogens is 1. The summed E-state index contributed by atoms with van der Waals surface area (Å²) in [5, 5.41) is 1.98. The number of amides is 1. The van der Waals surface area contributed by atoms with Crippen LogP contribution in [-0.4, -0.2) is 10.5 Å². The maximum absolute atomic E-state index is 12.0. The largest absolute Gasteiger partial charge is 0.318 e. The Bertz CT molecular complexity index is 888. The van der Waals surface area contributed by atoms with Crippen molar-refractivity contribution < 1.29 is 4.79 Å². The van der Waals surface area contributed by atoms with Gasteiger partial charge in [0.15, 0.2) is 4.80 Å². The highest BCUT2D eigenvalue weighted by atomic mass is 79.9. The van der Waals surface area contributed by atoms with Gasteiger partial charge < -0.3 is 4.57 Å². The number of carbonyl (C=O) groups excluding carboxylic acids is 1. The van der Waals surface area contributed by atoms with Crippen molar-refractivity contribution in [2.45, 2.75) is 0 Å². The van der Waals surface area contributed by atoms with Crippen LogP contribution >= 0.6 is 38.6 Å². The molecule has 6 heteroatoms. The first-order chi connectivity index (χ1) is 10.1. The Hall–Kier alpha value is -1.50. The van der Waals surface area contributed by atoms with Crippen LogP contribution in [0.1, 0.15) is 4.88 Å². The van der Waals surface area contributed by atoms with Crippen molar-refractivity contribution in [3.8, 4) is 0 Å². The summed E-state index contributed by atoms with van der Waals surface area (Å²) in [5.41, 5.74) is 1.05. The third-order valence-corrected chi connectivity index (χ3v) is 5.49. The van der Waals surface area contributed by atoms with Gasteiger partial charge in [0.25, 0.3) is 5.91 Å². The number of rotatable bonds is 2. The molecule has 3 nitrogen and oxygen atoms in total. The highest BCUT2D eigenvalue weighted by Crippen LogP contribution is 2.24. The Labute approximate surface area is 138 Å². The molecular formula is C15H11BrN2OS2. The molecule has 0 bridgehead atoms. The first-order valence-corrected chi connectivity index (χ1v) is 8.68. The number of aromatic nitrogens is 1. The second kappa shape index (κ2) is 6.09. The molecule has 3 aromatic rings. The quantitative estimate of drug-likeness (QED) is 0.615. The van der Waals surface area contributed by atoms with Gasteiger partial charge in [-0.15, -0.1) is 11.3 Å². The Balaban J connectivity index is 1.98. The third-order valence-electron chi connectivity index (χ3n) is 2.91. The fourth-order valence-electron chi connectivity index (χ4n) is 1.93. The van der Waals surface area contributed by atoms with Gasteiger partial charge in [-0.2, -0.15) is 4.99 Å². The van der Waals surface area contributed by atoms with Crippen molar-refractivity contribution in [1.29, 1.82) is 0 Å². The molecule has 0 atom stereocenters. The smallest absolute Gasteiger partial charge is 0.272 e. The lowest BCUT2D eigenvalue weighted by atomic mass is 10.3. The van der Waals surface area contributed by atoms with Crippen molar-refractivity contribution in [2.24, 2.45) is 12.0 Å². The van der Waals surface area contributed by atoms with Gasteiger partial charge >= 0.3 is 0 Å². The van der Waals surface area contributed by atoms with Crippen LogP contribution in [0.4, 0.5) is 0 Å². The number of thiophene rings is 1. The first-order valence-electron chi connectivity index (χ1n) is 6.19. The number of carbonyl (C=O) groups is 1. The minimum Gasteiger partial charge on any atom is -0.318 e. The second-order valence-electron chi connectivity index (χ2n) is 4.33. The van der Waals surface area contributed by atoms with E-state index in [0.717, 1.165) is 19.6 Å². The van der Waals surface area contributed by atoms with Gasteiger partial charge in [-0.25, -0.2) is 0 Å². The van der Waals surface area contributed by atoms with E-state index >= 15 is 0 Å². The molecule has 0 saturated carbocycles. The van der Waals surface area contributed by atoms with Crippen LogP contribution in [-0.2, 0) is 11.8 Å². The van der Waals surface area contributed by atoms with Gasteiger partial charge in [0.2, 0.25) is 0 Å². The molecule has 0 fully saturated rings. The molecule has 21 heavy (non-hydrogen) atoms. The molecular weight excluding hydrogens is 368 g/mol. The van der Waals surface area contributed by atoms with Crippen LogP contribution in [0, 0.1) is 0 Å². The summed E-state index contributed by atoms with van der Waals surface area (Å²) >= 11 is 6.63. The summed E-state index contributed by atoms with van der Waals surface area (Å²) < 4.78 is 4.03. The van der Waals surface area contributed by atoms with Crippen molar-refractivity contribution >= 4 is 60.8 Å². The van der Waals surface area contributed by atoms with Crippen LogP contribution in [0.2, 0.25) is 0 Å². The summed E-state index contributed by atoms with van der Waals surface area (Å²) in [5.74, 6) is -0.248. The van der Waals surface area contributed by atoms with E-state index in [-0.39, 0.29) is 5.91 Å².